The lowest BCUT2D eigenvalue weighted by atomic mass is 10.1. The zero-order valence-corrected chi connectivity index (χ0v) is 12.2. The van der Waals surface area contributed by atoms with Crippen LogP contribution in [0, 0.1) is 6.92 Å². The van der Waals surface area contributed by atoms with E-state index in [0.29, 0.717) is 17.9 Å². The topological polar surface area (TPSA) is 97.3 Å². The van der Waals surface area contributed by atoms with Crippen LogP contribution in [-0.2, 0) is 17.9 Å². The van der Waals surface area contributed by atoms with Gasteiger partial charge in [-0.1, -0.05) is 11.3 Å². The highest BCUT2D eigenvalue weighted by Gasteiger charge is 2.17. The SMILES string of the molecule is CCN(C(=O)Cn1cc(CN)nn1)c1cc(O)ccc1C. The second kappa shape index (κ2) is 6.36. The van der Waals surface area contributed by atoms with E-state index in [1.165, 1.54) is 4.68 Å². The number of aromatic hydroxyl groups is 1. The molecule has 1 amide bonds. The Morgan fingerprint density at radius 3 is 2.86 bits per heavy atom. The third kappa shape index (κ3) is 3.38. The van der Waals surface area contributed by atoms with Gasteiger partial charge in [-0.3, -0.25) is 4.79 Å². The maximum Gasteiger partial charge on any atom is 0.248 e. The Kier molecular flexibility index (Phi) is 4.54. The number of benzene rings is 1. The Morgan fingerprint density at radius 1 is 1.48 bits per heavy atom. The fraction of sp³-hybridized carbons (Fsp3) is 0.357. The van der Waals surface area contributed by atoms with Crippen LogP contribution in [0.2, 0.25) is 0 Å². The number of amides is 1. The lowest BCUT2D eigenvalue weighted by molar-refractivity contribution is -0.119. The highest BCUT2D eigenvalue weighted by atomic mass is 16.3. The number of aromatic nitrogens is 3. The molecule has 0 aliphatic carbocycles. The summed E-state index contributed by atoms with van der Waals surface area (Å²) in [7, 11) is 0. The average molecular weight is 289 g/mol. The number of likely N-dealkylation sites (N-methyl/N-ethyl adjacent to an activating group) is 1. The standard InChI is InChI=1S/C14H19N5O2/c1-3-19(13-6-12(20)5-4-10(13)2)14(21)9-18-8-11(7-15)16-17-18/h4-6,8,20H,3,7,9,15H2,1-2H3. The van der Waals surface area contributed by atoms with Gasteiger partial charge in [0.2, 0.25) is 5.91 Å². The van der Waals surface area contributed by atoms with Gasteiger partial charge in [-0.15, -0.1) is 5.10 Å². The summed E-state index contributed by atoms with van der Waals surface area (Å²) in [6, 6.07) is 4.97. The van der Waals surface area contributed by atoms with E-state index < -0.39 is 0 Å². The molecule has 0 fully saturated rings. The first-order valence-corrected chi connectivity index (χ1v) is 6.74. The molecule has 2 rings (SSSR count). The number of anilines is 1. The molecule has 0 atom stereocenters. The lowest BCUT2D eigenvalue weighted by Crippen LogP contribution is -2.34. The highest BCUT2D eigenvalue weighted by Crippen LogP contribution is 2.25. The van der Waals surface area contributed by atoms with Crippen LogP contribution in [0.1, 0.15) is 18.2 Å². The van der Waals surface area contributed by atoms with Crippen LogP contribution in [0.25, 0.3) is 0 Å². The fourth-order valence-corrected chi connectivity index (χ4v) is 2.10. The number of aryl methyl sites for hydroxylation is 1. The van der Waals surface area contributed by atoms with Crippen LogP contribution in [0.5, 0.6) is 5.75 Å². The number of hydrogen-bond donors (Lipinski definition) is 2. The minimum absolute atomic E-state index is 0.0793. The predicted octanol–water partition coefficient (Wildman–Crippen LogP) is 0.804. The van der Waals surface area contributed by atoms with Gasteiger partial charge >= 0.3 is 0 Å². The molecule has 7 nitrogen and oxygen atoms in total. The molecule has 1 aromatic carbocycles. The van der Waals surface area contributed by atoms with Crippen molar-refractivity contribution in [2.24, 2.45) is 5.73 Å². The minimum Gasteiger partial charge on any atom is -0.508 e. The van der Waals surface area contributed by atoms with E-state index in [0.717, 1.165) is 5.56 Å². The first-order valence-electron chi connectivity index (χ1n) is 6.74. The molecule has 0 radical (unpaired) electrons. The van der Waals surface area contributed by atoms with Crippen molar-refractivity contribution in [1.29, 1.82) is 0 Å². The van der Waals surface area contributed by atoms with Crippen molar-refractivity contribution in [2.75, 3.05) is 11.4 Å². The molecule has 112 valence electrons. The molecule has 0 aliphatic rings. The molecule has 2 aromatic rings. The molecule has 1 aromatic heterocycles. The Morgan fingerprint density at radius 2 is 2.24 bits per heavy atom. The Balaban J connectivity index is 2.20. The predicted molar refractivity (Wildman–Crippen MR) is 78.8 cm³/mol. The number of carbonyl (C=O) groups excluding carboxylic acids is 1. The number of carbonyl (C=O) groups is 1. The monoisotopic (exact) mass is 289 g/mol. The average Bonchev–Trinajstić information content (AvgIpc) is 2.91. The quantitative estimate of drug-likeness (QED) is 0.848. The first-order chi connectivity index (χ1) is 10.0. The third-order valence-corrected chi connectivity index (χ3v) is 3.19. The van der Waals surface area contributed by atoms with E-state index >= 15 is 0 Å². The largest absolute Gasteiger partial charge is 0.508 e. The van der Waals surface area contributed by atoms with Crippen LogP contribution in [0.15, 0.2) is 24.4 Å². The van der Waals surface area contributed by atoms with E-state index in [1.54, 1.807) is 29.3 Å². The zero-order chi connectivity index (χ0) is 15.4. The summed E-state index contributed by atoms with van der Waals surface area (Å²) < 4.78 is 1.46. The van der Waals surface area contributed by atoms with Crippen molar-refractivity contribution in [3.8, 4) is 5.75 Å². The highest BCUT2D eigenvalue weighted by molar-refractivity contribution is 5.94. The van der Waals surface area contributed by atoms with Crippen molar-refractivity contribution in [3.63, 3.8) is 0 Å². The van der Waals surface area contributed by atoms with Gasteiger partial charge in [-0.25, -0.2) is 4.68 Å². The van der Waals surface area contributed by atoms with Crippen molar-refractivity contribution in [1.82, 2.24) is 15.0 Å². The molecular formula is C14H19N5O2. The second-order valence-corrected chi connectivity index (χ2v) is 4.72. The molecule has 7 heteroatoms. The van der Waals surface area contributed by atoms with E-state index in [9.17, 15) is 9.90 Å². The van der Waals surface area contributed by atoms with Gasteiger partial charge in [-0.2, -0.15) is 0 Å². The number of nitrogens with zero attached hydrogens (tertiary/aromatic N) is 4. The fourth-order valence-electron chi connectivity index (χ4n) is 2.10. The van der Waals surface area contributed by atoms with Gasteiger partial charge < -0.3 is 15.7 Å². The molecule has 21 heavy (non-hydrogen) atoms. The molecular weight excluding hydrogens is 270 g/mol. The van der Waals surface area contributed by atoms with Gasteiger partial charge in [0.05, 0.1) is 17.6 Å². The number of phenolic OH excluding ortho intramolecular Hbond substituents is 1. The maximum absolute atomic E-state index is 12.4. The van der Waals surface area contributed by atoms with Crippen LogP contribution in [0.3, 0.4) is 0 Å². The number of rotatable bonds is 5. The van der Waals surface area contributed by atoms with E-state index in [1.807, 2.05) is 13.8 Å². The number of nitrogens with two attached hydrogens (primary N) is 1. The van der Waals surface area contributed by atoms with Gasteiger partial charge in [0.15, 0.2) is 0 Å². The number of phenols is 1. The van der Waals surface area contributed by atoms with Crippen LogP contribution in [0.4, 0.5) is 5.69 Å². The van der Waals surface area contributed by atoms with Gasteiger partial charge in [0, 0.05) is 19.2 Å². The number of hydrogen-bond acceptors (Lipinski definition) is 5. The normalized spacial score (nSPS) is 10.6. The van der Waals surface area contributed by atoms with Crippen molar-refractivity contribution >= 4 is 11.6 Å². The molecule has 0 aliphatic heterocycles. The molecule has 0 saturated carbocycles. The molecule has 0 spiro atoms. The molecule has 0 unspecified atom stereocenters. The second-order valence-electron chi connectivity index (χ2n) is 4.72. The summed E-state index contributed by atoms with van der Waals surface area (Å²) in [4.78, 5) is 14.0. The Labute approximate surface area is 123 Å². The van der Waals surface area contributed by atoms with E-state index in [4.69, 9.17) is 5.73 Å². The van der Waals surface area contributed by atoms with Gasteiger partial charge in [0.1, 0.15) is 12.3 Å². The van der Waals surface area contributed by atoms with Gasteiger partial charge in [0.25, 0.3) is 0 Å². The molecule has 1 heterocycles. The summed E-state index contributed by atoms with van der Waals surface area (Å²) in [5.41, 5.74) is 7.72. The smallest absolute Gasteiger partial charge is 0.248 e. The van der Waals surface area contributed by atoms with E-state index in [2.05, 4.69) is 10.3 Å². The van der Waals surface area contributed by atoms with E-state index in [-0.39, 0.29) is 24.7 Å². The zero-order valence-electron chi connectivity index (χ0n) is 12.2. The van der Waals surface area contributed by atoms with Crippen LogP contribution in [-0.4, -0.2) is 32.6 Å². The van der Waals surface area contributed by atoms with Crippen molar-refractivity contribution in [2.45, 2.75) is 26.9 Å². The first kappa shape index (κ1) is 15.0. The summed E-state index contributed by atoms with van der Waals surface area (Å²) in [5.74, 6) is 0.00713. The molecule has 0 bridgehead atoms. The summed E-state index contributed by atoms with van der Waals surface area (Å²) >= 11 is 0. The van der Waals surface area contributed by atoms with Gasteiger partial charge in [-0.05, 0) is 25.5 Å². The van der Waals surface area contributed by atoms with Crippen molar-refractivity contribution < 1.29 is 9.90 Å². The Bertz CT molecular complexity index is 638. The lowest BCUT2D eigenvalue weighted by Gasteiger charge is -2.23. The summed E-state index contributed by atoms with van der Waals surface area (Å²) in [5, 5.41) is 17.3. The minimum atomic E-state index is -0.125. The third-order valence-electron chi connectivity index (χ3n) is 3.19. The Hall–Kier alpha value is -2.41. The maximum atomic E-state index is 12.4. The summed E-state index contributed by atoms with van der Waals surface area (Å²) in [6.45, 7) is 4.65. The molecule has 3 N–H and O–H groups in total. The van der Waals surface area contributed by atoms with Crippen molar-refractivity contribution in [3.05, 3.63) is 35.7 Å². The van der Waals surface area contributed by atoms with Crippen LogP contribution < -0.4 is 10.6 Å². The summed E-state index contributed by atoms with van der Waals surface area (Å²) in [6.07, 6.45) is 1.65. The molecule has 0 saturated heterocycles. The van der Waals surface area contributed by atoms with Crippen LogP contribution >= 0.6 is 0 Å².